The van der Waals surface area contributed by atoms with Crippen LogP contribution in [0.1, 0.15) is 11.6 Å². The van der Waals surface area contributed by atoms with Gasteiger partial charge in [-0.15, -0.1) is 15.3 Å². The minimum absolute atomic E-state index is 0.298. The number of ether oxygens (including phenoxy) is 1. The fourth-order valence-corrected chi connectivity index (χ4v) is 4.26. The largest absolute Gasteiger partial charge is 0.494 e. The average Bonchev–Trinajstić information content (AvgIpc) is 3.36. The average molecular weight is 411 g/mol. The molecule has 10 nitrogen and oxygen atoms in total. The highest BCUT2D eigenvalue weighted by Gasteiger charge is 2.21. The molecule has 0 radical (unpaired) electrons. The third-order valence-electron chi connectivity index (χ3n) is 5.19. The predicted molar refractivity (Wildman–Crippen MR) is 110 cm³/mol. The van der Waals surface area contributed by atoms with Gasteiger partial charge in [-0.05, 0) is 18.4 Å². The number of benzene rings is 1. The fraction of sp³-hybridized carbons (Fsp3) is 0.389. The fourth-order valence-electron chi connectivity index (χ4n) is 3.72. The molecule has 150 valence electrons. The Hall–Kier alpha value is -2.92. The molecule has 11 heteroatoms. The maximum Gasteiger partial charge on any atom is 0.223 e. The summed E-state index contributed by atoms with van der Waals surface area (Å²) in [6.45, 7) is 3.48. The van der Waals surface area contributed by atoms with Gasteiger partial charge in [0.15, 0.2) is 16.6 Å². The standard InChI is InChI=1S/C18H21N9OS/c1-28-12-5-3-4-11-15(12)21-17(19)27-16(11)20-13(24-27)6-7-25-8-9-26-14(10-25)22-23-18(26)29-2/h3-5H,6-10H2,1-2H3,(H2,19,21). The van der Waals surface area contributed by atoms with Crippen LogP contribution in [0.25, 0.3) is 16.6 Å². The van der Waals surface area contributed by atoms with Gasteiger partial charge in [0, 0.05) is 31.4 Å². The highest BCUT2D eigenvalue weighted by atomic mass is 32.2. The second kappa shape index (κ2) is 7.16. The molecule has 1 aliphatic heterocycles. The van der Waals surface area contributed by atoms with Gasteiger partial charge in [0.2, 0.25) is 5.95 Å². The van der Waals surface area contributed by atoms with Crippen molar-refractivity contribution >= 4 is 34.3 Å². The molecule has 4 heterocycles. The maximum absolute atomic E-state index is 6.13. The second-order valence-electron chi connectivity index (χ2n) is 6.87. The molecule has 0 saturated carbocycles. The maximum atomic E-state index is 6.13. The Morgan fingerprint density at radius 1 is 1.21 bits per heavy atom. The van der Waals surface area contributed by atoms with Gasteiger partial charge in [0.1, 0.15) is 17.1 Å². The van der Waals surface area contributed by atoms with Crippen LogP contribution in [0.5, 0.6) is 5.75 Å². The zero-order chi connectivity index (χ0) is 20.0. The van der Waals surface area contributed by atoms with Crippen molar-refractivity contribution < 1.29 is 4.74 Å². The Morgan fingerprint density at radius 2 is 2.10 bits per heavy atom. The Morgan fingerprint density at radius 3 is 2.93 bits per heavy atom. The number of nitrogens with zero attached hydrogens (tertiary/aromatic N) is 8. The SMILES string of the molecule is COc1cccc2c1nc(N)n1nc(CCN3CCn4c(nnc4SC)C3)nc21. The molecule has 29 heavy (non-hydrogen) atoms. The molecule has 0 bridgehead atoms. The van der Waals surface area contributed by atoms with Crippen LogP contribution in [0.15, 0.2) is 23.4 Å². The van der Waals surface area contributed by atoms with Crippen LogP contribution in [-0.2, 0) is 19.5 Å². The van der Waals surface area contributed by atoms with Crippen LogP contribution in [-0.4, -0.2) is 65.7 Å². The second-order valence-corrected chi connectivity index (χ2v) is 7.64. The summed E-state index contributed by atoms with van der Waals surface area (Å²) in [5, 5.41) is 15.0. The minimum atomic E-state index is 0.298. The molecule has 0 aliphatic carbocycles. The van der Waals surface area contributed by atoms with E-state index in [1.807, 2.05) is 24.5 Å². The lowest BCUT2D eigenvalue weighted by molar-refractivity contribution is 0.214. The van der Waals surface area contributed by atoms with Crippen molar-refractivity contribution in [2.24, 2.45) is 0 Å². The van der Waals surface area contributed by atoms with E-state index in [2.05, 4.69) is 29.7 Å². The first-order chi connectivity index (χ1) is 14.2. The summed E-state index contributed by atoms with van der Waals surface area (Å²) < 4.78 is 9.20. The van der Waals surface area contributed by atoms with Gasteiger partial charge in [-0.1, -0.05) is 17.8 Å². The summed E-state index contributed by atoms with van der Waals surface area (Å²) in [5.41, 5.74) is 7.52. The molecule has 1 aromatic carbocycles. The lowest BCUT2D eigenvalue weighted by Gasteiger charge is -2.26. The van der Waals surface area contributed by atoms with Crippen molar-refractivity contribution in [1.29, 1.82) is 0 Å². The van der Waals surface area contributed by atoms with Gasteiger partial charge >= 0.3 is 0 Å². The summed E-state index contributed by atoms with van der Waals surface area (Å²) in [4.78, 5) is 11.5. The Kier molecular flexibility index (Phi) is 4.47. The van der Waals surface area contributed by atoms with E-state index in [9.17, 15) is 0 Å². The van der Waals surface area contributed by atoms with E-state index in [-0.39, 0.29) is 0 Å². The quantitative estimate of drug-likeness (QED) is 0.485. The molecule has 2 N–H and O–H groups in total. The number of para-hydroxylation sites is 1. The molecule has 0 saturated heterocycles. The molecular formula is C18H21N9OS. The van der Waals surface area contributed by atoms with Crippen LogP contribution in [0, 0.1) is 0 Å². The molecule has 0 fully saturated rings. The summed E-state index contributed by atoms with van der Waals surface area (Å²) >= 11 is 1.63. The number of thioether (sulfide) groups is 1. The molecule has 0 unspecified atom stereocenters. The topological polar surface area (TPSA) is 112 Å². The van der Waals surface area contributed by atoms with Crippen molar-refractivity contribution in [2.45, 2.75) is 24.7 Å². The molecular weight excluding hydrogens is 390 g/mol. The summed E-state index contributed by atoms with van der Waals surface area (Å²) in [5.74, 6) is 2.72. The first kappa shape index (κ1) is 18.1. The first-order valence-electron chi connectivity index (χ1n) is 9.34. The van der Waals surface area contributed by atoms with E-state index >= 15 is 0 Å². The van der Waals surface area contributed by atoms with Crippen molar-refractivity contribution in [3.8, 4) is 5.75 Å². The first-order valence-corrected chi connectivity index (χ1v) is 10.6. The Balaban J connectivity index is 1.39. The van der Waals surface area contributed by atoms with Crippen molar-refractivity contribution in [3.05, 3.63) is 29.8 Å². The number of rotatable bonds is 5. The number of anilines is 1. The molecule has 1 aliphatic rings. The van der Waals surface area contributed by atoms with E-state index in [1.54, 1.807) is 23.4 Å². The van der Waals surface area contributed by atoms with Gasteiger partial charge in [0.05, 0.1) is 13.7 Å². The van der Waals surface area contributed by atoms with E-state index in [1.165, 1.54) is 0 Å². The van der Waals surface area contributed by atoms with Gasteiger partial charge in [-0.2, -0.15) is 4.52 Å². The molecule has 5 rings (SSSR count). The number of fused-ring (bicyclic) bond motifs is 4. The van der Waals surface area contributed by atoms with Gasteiger partial charge in [0.25, 0.3) is 0 Å². The predicted octanol–water partition coefficient (Wildman–Crippen LogP) is 1.24. The third kappa shape index (κ3) is 3.06. The van der Waals surface area contributed by atoms with Gasteiger partial charge in [-0.3, -0.25) is 4.90 Å². The highest BCUT2D eigenvalue weighted by molar-refractivity contribution is 7.98. The van der Waals surface area contributed by atoms with Crippen LogP contribution < -0.4 is 10.5 Å². The number of nitrogen functional groups attached to an aromatic ring is 1. The summed E-state index contributed by atoms with van der Waals surface area (Å²) in [7, 11) is 1.62. The van der Waals surface area contributed by atoms with Crippen LogP contribution in [0.2, 0.25) is 0 Å². The number of hydrogen-bond acceptors (Lipinski definition) is 9. The lowest BCUT2D eigenvalue weighted by Crippen LogP contribution is -2.35. The Labute approximate surface area is 171 Å². The molecule has 0 atom stereocenters. The molecule has 0 spiro atoms. The van der Waals surface area contributed by atoms with Crippen LogP contribution in [0.4, 0.5) is 5.95 Å². The van der Waals surface area contributed by atoms with Crippen molar-refractivity contribution in [1.82, 2.24) is 39.2 Å². The normalized spacial score (nSPS) is 14.6. The Bertz CT molecular complexity index is 1200. The van der Waals surface area contributed by atoms with Crippen LogP contribution in [0.3, 0.4) is 0 Å². The van der Waals surface area contributed by atoms with E-state index in [4.69, 9.17) is 15.5 Å². The third-order valence-corrected chi connectivity index (χ3v) is 5.85. The van der Waals surface area contributed by atoms with Gasteiger partial charge < -0.3 is 15.0 Å². The van der Waals surface area contributed by atoms with Crippen molar-refractivity contribution in [3.63, 3.8) is 0 Å². The summed E-state index contributed by atoms with van der Waals surface area (Å²) in [6.07, 6.45) is 2.74. The zero-order valence-electron chi connectivity index (χ0n) is 16.2. The van der Waals surface area contributed by atoms with E-state index in [0.717, 1.165) is 54.8 Å². The molecule has 3 aromatic heterocycles. The van der Waals surface area contributed by atoms with Gasteiger partial charge in [-0.25, -0.2) is 9.97 Å². The number of hydrogen-bond donors (Lipinski definition) is 1. The highest BCUT2D eigenvalue weighted by Crippen LogP contribution is 2.27. The van der Waals surface area contributed by atoms with Crippen LogP contribution >= 0.6 is 11.8 Å². The number of methoxy groups -OCH3 is 1. The zero-order valence-corrected chi connectivity index (χ0v) is 17.1. The smallest absolute Gasteiger partial charge is 0.223 e. The monoisotopic (exact) mass is 411 g/mol. The number of aromatic nitrogens is 7. The molecule has 0 amide bonds. The van der Waals surface area contributed by atoms with Crippen molar-refractivity contribution in [2.75, 3.05) is 32.2 Å². The molecule has 4 aromatic rings. The minimum Gasteiger partial charge on any atom is -0.494 e. The van der Waals surface area contributed by atoms with E-state index < -0.39 is 0 Å². The summed E-state index contributed by atoms with van der Waals surface area (Å²) in [6, 6.07) is 5.74. The number of nitrogens with two attached hydrogens (primary N) is 1. The lowest BCUT2D eigenvalue weighted by atomic mass is 10.2. The van der Waals surface area contributed by atoms with E-state index in [0.29, 0.717) is 22.9 Å².